The largest absolute Gasteiger partial charge is 0.476 e. The third-order valence-corrected chi connectivity index (χ3v) is 5.27. The molecule has 0 bridgehead atoms. The summed E-state index contributed by atoms with van der Waals surface area (Å²) in [5, 5.41) is 22.8. The minimum Gasteiger partial charge on any atom is -0.476 e. The number of hydrogen-bond donors (Lipinski definition) is 2. The molecule has 0 fully saturated rings. The molecule has 4 aromatic rings. The van der Waals surface area contributed by atoms with E-state index < -0.39 is 5.97 Å². The summed E-state index contributed by atoms with van der Waals surface area (Å²) < 4.78 is 3.35. The van der Waals surface area contributed by atoms with E-state index in [4.69, 9.17) is 5.11 Å². The topological polar surface area (TPSA) is 102 Å². The molecule has 4 rings (SSSR count). The van der Waals surface area contributed by atoms with Crippen LogP contribution in [-0.2, 0) is 17.9 Å². The summed E-state index contributed by atoms with van der Waals surface area (Å²) in [6.45, 7) is 4.71. The number of anilines is 1. The number of nitrogens with zero attached hydrogens (tertiary/aromatic N) is 4. The summed E-state index contributed by atoms with van der Waals surface area (Å²) in [6.07, 6.45) is 1.73. The molecular formula is C23H23N5O3. The van der Waals surface area contributed by atoms with Gasteiger partial charge in [0.2, 0.25) is 5.91 Å². The zero-order chi connectivity index (χ0) is 22.0. The number of rotatable bonds is 7. The summed E-state index contributed by atoms with van der Waals surface area (Å²) in [6, 6.07) is 15.9. The van der Waals surface area contributed by atoms with Gasteiger partial charge in [-0.3, -0.25) is 14.2 Å². The average molecular weight is 417 g/mol. The van der Waals surface area contributed by atoms with E-state index in [1.807, 2.05) is 36.7 Å². The molecule has 0 radical (unpaired) electrons. The first-order chi connectivity index (χ1) is 14.9. The number of hydrogen-bond acceptors (Lipinski definition) is 4. The highest BCUT2D eigenvalue weighted by molar-refractivity contribution is 5.92. The highest BCUT2D eigenvalue weighted by atomic mass is 16.4. The van der Waals surface area contributed by atoms with Crippen molar-refractivity contribution in [3.8, 4) is 0 Å². The molecule has 2 aromatic carbocycles. The van der Waals surface area contributed by atoms with Crippen LogP contribution in [0.2, 0.25) is 0 Å². The van der Waals surface area contributed by atoms with Gasteiger partial charge in [0, 0.05) is 19.2 Å². The molecule has 2 heterocycles. The van der Waals surface area contributed by atoms with Gasteiger partial charge < -0.3 is 10.4 Å². The van der Waals surface area contributed by atoms with E-state index in [-0.39, 0.29) is 18.0 Å². The van der Waals surface area contributed by atoms with Crippen molar-refractivity contribution in [2.45, 2.75) is 33.4 Å². The lowest BCUT2D eigenvalue weighted by Gasteiger charge is -2.09. The number of aryl methyl sites for hydroxylation is 2. The Kier molecular flexibility index (Phi) is 5.53. The number of aromatic nitrogens is 4. The number of aromatic carboxylic acids is 1. The minimum atomic E-state index is -1.09. The van der Waals surface area contributed by atoms with Crippen molar-refractivity contribution >= 4 is 28.3 Å². The van der Waals surface area contributed by atoms with Gasteiger partial charge in [-0.25, -0.2) is 4.79 Å². The van der Waals surface area contributed by atoms with E-state index >= 15 is 0 Å². The van der Waals surface area contributed by atoms with Crippen LogP contribution in [0.25, 0.3) is 10.8 Å². The highest BCUT2D eigenvalue weighted by Crippen LogP contribution is 2.24. The maximum Gasteiger partial charge on any atom is 0.356 e. The van der Waals surface area contributed by atoms with Crippen LogP contribution >= 0.6 is 0 Å². The molecule has 8 heteroatoms. The summed E-state index contributed by atoms with van der Waals surface area (Å²) in [4.78, 5) is 23.4. The van der Waals surface area contributed by atoms with Crippen molar-refractivity contribution in [2.75, 3.05) is 5.32 Å². The lowest BCUT2D eigenvalue weighted by molar-refractivity contribution is -0.116. The Balaban J connectivity index is 1.46. The van der Waals surface area contributed by atoms with Crippen molar-refractivity contribution in [3.63, 3.8) is 0 Å². The highest BCUT2D eigenvalue weighted by Gasteiger charge is 2.15. The molecule has 0 aliphatic rings. The second-order valence-corrected chi connectivity index (χ2v) is 7.41. The van der Waals surface area contributed by atoms with Crippen molar-refractivity contribution < 1.29 is 14.7 Å². The molecule has 158 valence electrons. The van der Waals surface area contributed by atoms with Crippen molar-refractivity contribution in [1.29, 1.82) is 0 Å². The third kappa shape index (κ3) is 4.32. The smallest absolute Gasteiger partial charge is 0.356 e. The molecule has 0 saturated heterocycles. The Morgan fingerprint density at radius 3 is 2.58 bits per heavy atom. The maximum absolute atomic E-state index is 12.5. The lowest BCUT2D eigenvalue weighted by atomic mass is 10.0. The zero-order valence-electron chi connectivity index (χ0n) is 17.4. The number of carbonyl (C=O) groups is 2. The fourth-order valence-corrected chi connectivity index (χ4v) is 3.64. The summed E-state index contributed by atoms with van der Waals surface area (Å²) >= 11 is 0. The SMILES string of the molecule is Cc1nn(Cc2cccc3ccccc23)c(C)c1NC(=O)CCn1ccc(C(=O)O)n1. The molecule has 31 heavy (non-hydrogen) atoms. The van der Waals surface area contributed by atoms with Crippen LogP contribution in [0, 0.1) is 13.8 Å². The third-order valence-electron chi connectivity index (χ3n) is 5.27. The lowest BCUT2D eigenvalue weighted by Crippen LogP contribution is -2.16. The second kappa shape index (κ2) is 8.43. The quantitative estimate of drug-likeness (QED) is 0.478. The molecule has 0 unspecified atom stereocenters. The molecule has 2 aromatic heterocycles. The fourth-order valence-electron chi connectivity index (χ4n) is 3.64. The molecular weight excluding hydrogens is 394 g/mol. The van der Waals surface area contributed by atoms with Gasteiger partial charge in [0.05, 0.1) is 23.6 Å². The van der Waals surface area contributed by atoms with Gasteiger partial charge in [0.25, 0.3) is 0 Å². The summed E-state index contributed by atoms with van der Waals surface area (Å²) in [7, 11) is 0. The fraction of sp³-hybridized carbons (Fsp3) is 0.217. The first-order valence-corrected chi connectivity index (χ1v) is 9.99. The van der Waals surface area contributed by atoms with Crippen LogP contribution in [0.4, 0.5) is 5.69 Å². The van der Waals surface area contributed by atoms with Crippen molar-refractivity contribution in [3.05, 3.63) is 77.4 Å². The summed E-state index contributed by atoms with van der Waals surface area (Å²) in [5.74, 6) is -1.27. The van der Waals surface area contributed by atoms with Crippen LogP contribution in [0.1, 0.15) is 33.9 Å². The number of fused-ring (bicyclic) bond motifs is 1. The van der Waals surface area contributed by atoms with E-state index in [0.29, 0.717) is 18.8 Å². The van der Waals surface area contributed by atoms with Gasteiger partial charge in [0.1, 0.15) is 0 Å². The number of amides is 1. The molecule has 0 saturated carbocycles. The monoisotopic (exact) mass is 417 g/mol. The van der Waals surface area contributed by atoms with E-state index in [1.54, 1.807) is 6.20 Å². The Morgan fingerprint density at radius 2 is 1.81 bits per heavy atom. The number of carbonyl (C=O) groups excluding carboxylic acids is 1. The average Bonchev–Trinajstić information content (AvgIpc) is 3.33. The Hall–Kier alpha value is -3.94. The number of carboxylic acids is 1. The summed E-state index contributed by atoms with van der Waals surface area (Å²) in [5.41, 5.74) is 3.46. The van der Waals surface area contributed by atoms with E-state index in [0.717, 1.165) is 17.0 Å². The maximum atomic E-state index is 12.5. The van der Waals surface area contributed by atoms with Crippen LogP contribution in [-0.4, -0.2) is 36.5 Å². The first kappa shape index (κ1) is 20.3. The Morgan fingerprint density at radius 1 is 1.03 bits per heavy atom. The molecule has 0 atom stereocenters. The minimum absolute atomic E-state index is 0.0400. The van der Waals surface area contributed by atoms with E-state index in [9.17, 15) is 9.59 Å². The van der Waals surface area contributed by atoms with E-state index in [1.165, 1.54) is 21.5 Å². The van der Waals surface area contributed by atoms with Gasteiger partial charge in [-0.2, -0.15) is 10.2 Å². The number of carboxylic acid groups (broad SMARTS) is 1. The molecule has 2 N–H and O–H groups in total. The van der Waals surface area contributed by atoms with Gasteiger partial charge in [-0.05, 0) is 36.2 Å². The van der Waals surface area contributed by atoms with Crippen LogP contribution in [0.15, 0.2) is 54.7 Å². The van der Waals surface area contributed by atoms with Gasteiger partial charge in [-0.1, -0.05) is 42.5 Å². The van der Waals surface area contributed by atoms with Crippen LogP contribution in [0.3, 0.4) is 0 Å². The second-order valence-electron chi connectivity index (χ2n) is 7.41. The predicted molar refractivity (Wildman–Crippen MR) is 117 cm³/mol. The van der Waals surface area contributed by atoms with Crippen LogP contribution < -0.4 is 5.32 Å². The van der Waals surface area contributed by atoms with Crippen molar-refractivity contribution in [2.24, 2.45) is 0 Å². The first-order valence-electron chi connectivity index (χ1n) is 9.99. The van der Waals surface area contributed by atoms with Gasteiger partial charge >= 0.3 is 5.97 Å². The van der Waals surface area contributed by atoms with Crippen LogP contribution in [0.5, 0.6) is 0 Å². The zero-order valence-corrected chi connectivity index (χ0v) is 17.4. The van der Waals surface area contributed by atoms with Gasteiger partial charge in [0.15, 0.2) is 5.69 Å². The predicted octanol–water partition coefficient (Wildman–Crippen LogP) is 3.62. The number of nitrogens with one attached hydrogen (secondary N) is 1. The molecule has 0 spiro atoms. The standard InChI is InChI=1S/C23H23N5O3/c1-15-22(24-21(29)11-13-27-12-10-20(26-27)23(30)31)16(2)28(25-15)14-18-8-5-7-17-6-3-4-9-19(17)18/h3-10,12H,11,13-14H2,1-2H3,(H,24,29)(H,30,31). The van der Waals surface area contributed by atoms with Gasteiger partial charge in [-0.15, -0.1) is 0 Å². The molecule has 0 aliphatic heterocycles. The normalized spacial score (nSPS) is 11.0. The molecule has 0 aliphatic carbocycles. The molecule has 1 amide bonds. The Labute approximate surface area is 179 Å². The van der Waals surface area contributed by atoms with E-state index in [2.05, 4.69) is 39.8 Å². The number of benzene rings is 2. The Bertz CT molecular complexity index is 1270. The van der Waals surface area contributed by atoms with Crippen molar-refractivity contribution in [1.82, 2.24) is 19.6 Å². The molecule has 8 nitrogen and oxygen atoms in total.